The number of hydrogen-bond acceptors (Lipinski definition) is 2. The van der Waals surface area contributed by atoms with Crippen molar-refractivity contribution in [1.29, 1.82) is 0 Å². The summed E-state index contributed by atoms with van der Waals surface area (Å²) in [4.78, 5) is 4.10. The second kappa shape index (κ2) is 4.46. The summed E-state index contributed by atoms with van der Waals surface area (Å²) in [5, 5.41) is 0. The molecule has 0 amide bonds. The summed E-state index contributed by atoms with van der Waals surface area (Å²) in [6.45, 7) is 3.21. The molecule has 0 bridgehead atoms. The van der Waals surface area contributed by atoms with Gasteiger partial charge in [-0.15, -0.1) is 0 Å². The molecule has 5 heteroatoms. The fourth-order valence-electron chi connectivity index (χ4n) is 1.81. The molecule has 0 aromatic heterocycles. The van der Waals surface area contributed by atoms with Crippen LogP contribution in [0.3, 0.4) is 0 Å². The predicted molar refractivity (Wildman–Crippen MR) is 58.8 cm³/mol. The molecule has 1 aromatic carbocycles. The van der Waals surface area contributed by atoms with Crippen molar-refractivity contribution in [3.05, 3.63) is 29.8 Å². The largest absolute Gasteiger partial charge is 0.424 e. The van der Waals surface area contributed by atoms with E-state index in [4.69, 9.17) is 0 Å². The maximum atomic E-state index is 12.5. The molecule has 1 aliphatic heterocycles. The molecule has 2 nitrogen and oxygen atoms in total. The maximum Gasteiger partial charge on any atom is 0.424 e. The van der Waals surface area contributed by atoms with Crippen LogP contribution in [0, 0.1) is 12.1 Å². The first-order valence-corrected chi connectivity index (χ1v) is 5.41. The number of nitrogens with zero attached hydrogens (tertiary/aromatic N) is 2. The van der Waals surface area contributed by atoms with Crippen molar-refractivity contribution >= 4 is 5.69 Å². The molecule has 1 aliphatic rings. The zero-order valence-electron chi connectivity index (χ0n) is 9.51. The zero-order chi connectivity index (χ0) is 12.5. The number of halogens is 3. The monoisotopic (exact) mass is 242 g/mol. The Morgan fingerprint density at radius 1 is 1.18 bits per heavy atom. The normalized spacial score (nSPS) is 18.0. The van der Waals surface area contributed by atoms with E-state index in [2.05, 4.69) is 17.0 Å². The molecule has 1 saturated heterocycles. The number of rotatable bonds is 1. The third kappa shape index (κ3) is 2.83. The van der Waals surface area contributed by atoms with E-state index in [-0.39, 0.29) is 0 Å². The van der Waals surface area contributed by atoms with Gasteiger partial charge in [0.1, 0.15) is 5.56 Å². The summed E-state index contributed by atoms with van der Waals surface area (Å²) in [5.41, 5.74) is -0.182. The van der Waals surface area contributed by atoms with Crippen molar-refractivity contribution in [2.24, 2.45) is 0 Å². The van der Waals surface area contributed by atoms with Crippen molar-refractivity contribution in [3.8, 4) is 0 Å². The molecular weight excluding hydrogens is 229 g/mol. The molecular formula is C12H13F3N2. The molecule has 17 heavy (non-hydrogen) atoms. The van der Waals surface area contributed by atoms with Crippen molar-refractivity contribution in [2.75, 3.05) is 38.1 Å². The smallest absolute Gasteiger partial charge is 0.368 e. The minimum absolute atomic E-state index is 0.573. The SMILES string of the molecule is CN1CCN(c2cc#cc(C(F)(F)F)c2)CC1. The van der Waals surface area contributed by atoms with Gasteiger partial charge in [0.05, 0.1) is 0 Å². The molecule has 0 spiro atoms. The van der Waals surface area contributed by atoms with E-state index in [1.54, 1.807) is 6.07 Å². The molecule has 0 aliphatic carbocycles. The number of piperazine rings is 1. The zero-order valence-corrected chi connectivity index (χ0v) is 9.51. The van der Waals surface area contributed by atoms with E-state index in [9.17, 15) is 13.2 Å². The van der Waals surface area contributed by atoms with Gasteiger partial charge in [-0.05, 0) is 13.1 Å². The quantitative estimate of drug-likeness (QED) is 0.743. The highest BCUT2D eigenvalue weighted by Gasteiger charge is 2.31. The highest BCUT2D eigenvalue weighted by molar-refractivity contribution is 5.47. The summed E-state index contributed by atoms with van der Waals surface area (Å²) < 4.78 is 37.6. The Bertz CT molecular complexity index is 382. The first kappa shape index (κ1) is 12.1. The number of alkyl halides is 3. The summed E-state index contributed by atoms with van der Waals surface area (Å²) >= 11 is 0. The van der Waals surface area contributed by atoms with Crippen LogP contribution in [0.4, 0.5) is 18.9 Å². The number of likely N-dealkylation sites (N-methyl/N-ethyl adjacent to an activating group) is 1. The Kier molecular flexibility index (Phi) is 3.16. The molecule has 2 rings (SSSR count). The van der Waals surface area contributed by atoms with Crippen LogP contribution in [0.25, 0.3) is 0 Å². The fraction of sp³-hybridized carbons (Fsp3) is 0.500. The topological polar surface area (TPSA) is 6.48 Å². The first-order valence-electron chi connectivity index (χ1n) is 5.41. The van der Waals surface area contributed by atoms with Crippen LogP contribution in [-0.2, 0) is 6.18 Å². The van der Waals surface area contributed by atoms with Gasteiger partial charge >= 0.3 is 6.18 Å². The molecule has 0 saturated carbocycles. The van der Waals surface area contributed by atoms with Crippen LogP contribution in [0.1, 0.15) is 5.56 Å². The molecule has 1 heterocycles. The summed E-state index contributed by atoms with van der Waals surface area (Å²) in [5.74, 6) is 0. The van der Waals surface area contributed by atoms with Crippen molar-refractivity contribution in [3.63, 3.8) is 0 Å². The van der Waals surface area contributed by atoms with Crippen LogP contribution >= 0.6 is 0 Å². The molecule has 92 valence electrons. The van der Waals surface area contributed by atoms with Gasteiger partial charge in [-0.2, -0.15) is 13.2 Å². The van der Waals surface area contributed by atoms with E-state index in [1.807, 2.05) is 11.9 Å². The van der Waals surface area contributed by atoms with Gasteiger partial charge in [0, 0.05) is 37.9 Å². The molecule has 0 unspecified atom stereocenters. The minimum Gasteiger partial charge on any atom is -0.368 e. The van der Waals surface area contributed by atoms with Gasteiger partial charge in [0.25, 0.3) is 0 Å². The van der Waals surface area contributed by atoms with Crippen LogP contribution in [0.15, 0.2) is 12.1 Å². The molecule has 1 fully saturated rings. The summed E-state index contributed by atoms with van der Waals surface area (Å²) in [6.07, 6.45) is -4.35. The van der Waals surface area contributed by atoms with E-state index in [0.717, 1.165) is 32.2 Å². The average molecular weight is 242 g/mol. The van der Waals surface area contributed by atoms with Crippen molar-refractivity contribution in [2.45, 2.75) is 6.18 Å². The van der Waals surface area contributed by atoms with Gasteiger partial charge in [0.2, 0.25) is 0 Å². The summed E-state index contributed by atoms with van der Waals surface area (Å²) in [7, 11) is 2.00. The second-order valence-corrected chi connectivity index (χ2v) is 4.18. The van der Waals surface area contributed by atoms with E-state index >= 15 is 0 Å². The lowest BCUT2D eigenvalue weighted by atomic mass is 10.2. The Morgan fingerprint density at radius 2 is 1.82 bits per heavy atom. The highest BCUT2D eigenvalue weighted by atomic mass is 19.4. The third-order valence-corrected chi connectivity index (χ3v) is 2.89. The Morgan fingerprint density at radius 3 is 2.41 bits per heavy atom. The van der Waals surface area contributed by atoms with Gasteiger partial charge in [-0.25, -0.2) is 0 Å². The maximum absolute atomic E-state index is 12.5. The predicted octanol–water partition coefficient (Wildman–Crippen LogP) is 2.06. The molecule has 0 atom stereocenters. The van der Waals surface area contributed by atoms with Crippen LogP contribution < -0.4 is 4.90 Å². The minimum atomic E-state index is -4.35. The number of anilines is 1. The van der Waals surface area contributed by atoms with Gasteiger partial charge in [-0.1, -0.05) is 12.1 Å². The van der Waals surface area contributed by atoms with Gasteiger partial charge in [0.15, 0.2) is 0 Å². The lowest BCUT2D eigenvalue weighted by molar-refractivity contribution is -0.137. The molecule has 0 N–H and O–H groups in total. The van der Waals surface area contributed by atoms with Crippen molar-refractivity contribution < 1.29 is 13.2 Å². The Balaban J connectivity index is 2.16. The lowest BCUT2D eigenvalue weighted by Gasteiger charge is -2.33. The molecule has 0 radical (unpaired) electrons. The number of hydrogen-bond donors (Lipinski definition) is 0. The lowest BCUT2D eigenvalue weighted by Crippen LogP contribution is -2.44. The fourth-order valence-corrected chi connectivity index (χ4v) is 1.81. The van der Waals surface area contributed by atoms with Crippen LogP contribution in [0.5, 0.6) is 0 Å². The first-order chi connectivity index (χ1) is 7.97. The second-order valence-electron chi connectivity index (χ2n) is 4.18. The van der Waals surface area contributed by atoms with E-state index in [1.165, 1.54) is 0 Å². The molecule has 1 aromatic rings. The van der Waals surface area contributed by atoms with E-state index < -0.39 is 11.7 Å². The average Bonchev–Trinajstić information content (AvgIpc) is 2.29. The van der Waals surface area contributed by atoms with Gasteiger partial charge < -0.3 is 9.80 Å². The third-order valence-electron chi connectivity index (χ3n) is 2.89. The van der Waals surface area contributed by atoms with Crippen LogP contribution in [-0.4, -0.2) is 38.1 Å². The van der Waals surface area contributed by atoms with Crippen LogP contribution in [0.2, 0.25) is 0 Å². The van der Waals surface area contributed by atoms with Crippen molar-refractivity contribution in [1.82, 2.24) is 4.90 Å². The Labute approximate surface area is 98.6 Å². The summed E-state index contributed by atoms with van der Waals surface area (Å²) in [6, 6.07) is 7.25. The Hall–Kier alpha value is -1.41. The van der Waals surface area contributed by atoms with E-state index in [0.29, 0.717) is 5.69 Å². The van der Waals surface area contributed by atoms with Gasteiger partial charge in [-0.3, -0.25) is 0 Å². The standard InChI is InChI=1S/C12H13F3N2/c1-16-5-7-17(8-6-16)11-4-2-3-10(9-11)12(13,14)15/h4,9H,5-8H2,1H3. The highest BCUT2D eigenvalue weighted by Crippen LogP contribution is 2.30.